The van der Waals surface area contributed by atoms with Crippen LogP contribution in [-0.2, 0) is 11.3 Å². The van der Waals surface area contributed by atoms with Gasteiger partial charge in [0, 0.05) is 6.54 Å². The van der Waals surface area contributed by atoms with Gasteiger partial charge >= 0.3 is 0 Å². The van der Waals surface area contributed by atoms with Crippen LogP contribution >= 0.6 is 0 Å². The van der Waals surface area contributed by atoms with E-state index in [9.17, 15) is 10.1 Å². The molecule has 3 nitrogen and oxygen atoms in total. The second-order valence-corrected chi connectivity index (χ2v) is 5.43. The molecule has 1 N–H and O–H groups in total. The minimum Gasteiger partial charge on any atom is -0.351 e. The van der Waals surface area contributed by atoms with E-state index in [4.69, 9.17) is 0 Å². The van der Waals surface area contributed by atoms with Gasteiger partial charge in [-0.3, -0.25) is 4.79 Å². The third-order valence-corrected chi connectivity index (χ3v) is 3.89. The summed E-state index contributed by atoms with van der Waals surface area (Å²) < 4.78 is 0. The number of nitrogens with one attached hydrogen (secondary N) is 1. The molecule has 0 bridgehead atoms. The van der Waals surface area contributed by atoms with E-state index in [0.29, 0.717) is 19.4 Å². The third-order valence-electron chi connectivity index (χ3n) is 3.89. The molecular formula is C16H20N2O. The standard InChI is InChI=1S/C16H20N2O/c1-13-6-5-7-14(10-13)11-18-15(19)16(12-17)8-3-2-4-9-16/h5-7,10H,2-4,8-9,11H2,1H3,(H,18,19). The molecule has 3 heteroatoms. The Balaban J connectivity index is 1.99. The normalized spacial score (nSPS) is 17.5. The number of amides is 1. The number of carbonyl (C=O) groups excluding carboxylic acids is 1. The van der Waals surface area contributed by atoms with E-state index in [1.165, 1.54) is 5.56 Å². The molecule has 2 rings (SSSR count). The van der Waals surface area contributed by atoms with Gasteiger partial charge in [0.15, 0.2) is 0 Å². The van der Waals surface area contributed by atoms with Crippen LogP contribution in [-0.4, -0.2) is 5.91 Å². The Morgan fingerprint density at radius 1 is 1.37 bits per heavy atom. The first-order chi connectivity index (χ1) is 9.16. The number of hydrogen-bond acceptors (Lipinski definition) is 2. The van der Waals surface area contributed by atoms with Crippen molar-refractivity contribution in [3.8, 4) is 6.07 Å². The minimum atomic E-state index is -0.790. The molecule has 1 aromatic rings. The highest BCUT2D eigenvalue weighted by Gasteiger charge is 2.39. The zero-order chi connectivity index (χ0) is 13.7. The molecule has 0 saturated heterocycles. The van der Waals surface area contributed by atoms with Gasteiger partial charge in [-0.2, -0.15) is 5.26 Å². The summed E-state index contributed by atoms with van der Waals surface area (Å²) in [5, 5.41) is 12.3. The van der Waals surface area contributed by atoms with Gasteiger partial charge in [0.1, 0.15) is 5.41 Å². The van der Waals surface area contributed by atoms with Crippen LogP contribution in [0, 0.1) is 23.7 Å². The van der Waals surface area contributed by atoms with Crippen LogP contribution in [0.2, 0.25) is 0 Å². The fourth-order valence-electron chi connectivity index (χ4n) is 2.72. The van der Waals surface area contributed by atoms with Crippen molar-refractivity contribution in [1.29, 1.82) is 5.26 Å². The largest absolute Gasteiger partial charge is 0.351 e. The molecule has 0 atom stereocenters. The predicted molar refractivity (Wildman–Crippen MR) is 74.2 cm³/mol. The molecule has 1 saturated carbocycles. The monoisotopic (exact) mass is 256 g/mol. The number of nitrogens with zero attached hydrogens (tertiary/aromatic N) is 1. The fourth-order valence-corrected chi connectivity index (χ4v) is 2.72. The Bertz CT molecular complexity index is 496. The molecule has 1 fully saturated rings. The Hall–Kier alpha value is -1.82. The van der Waals surface area contributed by atoms with E-state index in [0.717, 1.165) is 24.8 Å². The van der Waals surface area contributed by atoms with Gasteiger partial charge in [-0.25, -0.2) is 0 Å². The number of carbonyl (C=O) groups is 1. The van der Waals surface area contributed by atoms with E-state index in [2.05, 4.69) is 17.5 Å². The highest BCUT2D eigenvalue weighted by molar-refractivity contribution is 5.85. The molecular weight excluding hydrogens is 236 g/mol. The molecule has 1 aliphatic carbocycles. The molecule has 1 amide bonds. The Morgan fingerprint density at radius 2 is 2.11 bits per heavy atom. The molecule has 19 heavy (non-hydrogen) atoms. The summed E-state index contributed by atoms with van der Waals surface area (Å²) in [7, 11) is 0. The summed E-state index contributed by atoms with van der Waals surface area (Å²) in [5.41, 5.74) is 1.47. The average molecular weight is 256 g/mol. The van der Waals surface area contributed by atoms with Crippen molar-refractivity contribution in [2.75, 3.05) is 0 Å². The lowest BCUT2D eigenvalue weighted by Gasteiger charge is -2.29. The smallest absolute Gasteiger partial charge is 0.240 e. The first-order valence-corrected chi connectivity index (χ1v) is 6.91. The van der Waals surface area contributed by atoms with Gasteiger partial charge in [-0.1, -0.05) is 49.1 Å². The quantitative estimate of drug-likeness (QED) is 0.903. The second kappa shape index (κ2) is 5.88. The molecule has 0 radical (unpaired) electrons. The lowest BCUT2D eigenvalue weighted by atomic mass is 9.74. The maximum Gasteiger partial charge on any atom is 0.240 e. The van der Waals surface area contributed by atoms with Crippen molar-refractivity contribution in [2.24, 2.45) is 5.41 Å². The Morgan fingerprint density at radius 3 is 2.74 bits per heavy atom. The number of aryl methyl sites for hydroxylation is 1. The summed E-state index contributed by atoms with van der Waals surface area (Å²) in [6, 6.07) is 10.3. The third kappa shape index (κ3) is 3.14. The highest BCUT2D eigenvalue weighted by Crippen LogP contribution is 2.35. The van der Waals surface area contributed by atoms with E-state index >= 15 is 0 Å². The fraction of sp³-hybridized carbons (Fsp3) is 0.500. The lowest BCUT2D eigenvalue weighted by Crippen LogP contribution is -2.41. The molecule has 0 unspecified atom stereocenters. The molecule has 1 aliphatic rings. The maximum atomic E-state index is 12.3. The van der Waals surface area contributed by atoms with Crippen LogP contribution in [0.15, 0.2) is 24.3 Å². The number of benzene rings is 1. The van der Waals surface area contributed by atoms with Crippen molar-refractivity contribution in [3.05, 3.63) is 35.4 Å². The number of hydrogen-bond donors (Lipinski definition) is 1. The topological polar surface area (TPSA) is 52.9 Å². The Labute approximate surface area is 114 Å². The second-order valence-electron chi connectivity index (χ2n) is 5.43. The van der Waals surface area contributed by atoms with Crippen LogP contribution in [0.5, 0.6) is 0 Å². The summed E-state index contributed by atoms with van der Waals surface area (Å²) in [6.07, 6.45) is 4.48. The van der Waals surface area contributed by atoms with E-state index in [1.807, 2.05) is 25.1 Å². The molecule has 100 valence electrons. The van der Waals surface area contributed by atoms with E-state index < -0.39 is 5.41 Å². The minimum absolute atomic E-state index is 0.101. The van der Waals surface area contributed by atoms with E-state index in [-0.39, 0.29) is 5.91 Å². The van der Waals surface area contributed by atoms with Gasteiger partial charge in [0.2, 0.25) is 5.91 Å². The van der Waals surface area contributed by atoms with Crippen LogP contribution in [0.1, 0.15) is 43.2 Å². The lowest BCUT2D eigenvalue weighted by molar-refractivity contribution is -0.129. The van der Waals surface area contributed by atoms with Gasteiger partial charge in [0.25, 0.3) is 0 Å². The average Bonchev–Trinajstić information content (AvgIpc) is 2.45. The summed E-state index contributed by atoms with van der Waals surface area (Å²) in [4.78, 5) is 12.3. The van der Waals surface area contributed by atoms with Crippen molar-refractivity contribution >= 4 is 5.91 Å². The van der Waals surface area contributed by atoms with Crippen molar-refractivity contribution < 1.29 is 4.79 Å². The van der Waals surface area contributed by atoms with Crippen molar-refractivity contribution in [1.82, 2.24) is 5.32 Å². The number of nitriles is 1. The van der Waals surface area contributed by atoms with Crippen LogP contribution in [0.4, 0.5) is 0 Å². The van der Waals surface area contributed by atoms with Crippen LogP contribution in [0.3, 0.4) is 0 Å². The van der Waals surface area contributed by atoms with Crippen molar-refractivity contribution in [2.45, 2.75) is 45.6 Å². The van der Waals surface area contributed by atoms with Crippen molar-refractivity contribution in [3.63, 3.8) is 0 Å². The van der Waals surface area contributed by atoms with Gasteiger partial charge in [0.05, 0.1) is 6.07 Å². The molecule has 0 spiro atoms. The highest BCUT2D eigenvalue weighted by atomic mass is 16.2. The van der Waals surface area contributed by atoms with Crippen LogP contribution < -0.4 is 5.32 Å². The summed E-state index contributed by atoms with van der Waals surface area (Å²) in [5.74, 6) is -0.101. The Kier molecular flexibility index (Phi) is 4.21. The predicted octanol–water partition coefficient (Wildman–Crippen LogP) is 3.09. The SMILES string of the molecule is Cc1cccc(CNC(=O)C2(C#N)CCCCC2)c1. The first-order valence-electron chi connectivity index (χ1n) is 6.91. The number of rotatable bonds is 3. The van der Waals surface area contributed by atoms with Gasteiger partial charge in [-0.05, 0) is 25.3 Å². The zero-order valence-corrected chi connectivity index (χ0v) is 11.4. The molecule has 1 aromatic carbocycles. The molecule has 0 heterocycles. The summed E-state index contributed by atoms with van der Waals surface area (Å²) in [6.45, 7) is 2.53. The van der Waals surface area contributed by atoms with Gasteiger partial charge in [-0.15, -0.1) is 0 Å². The van der Waals surface area contributed by atoms with E-state index in [1.54, 1.807) is 0 Å². The molecule has 0 aromatic heterocycles. The molecule has 0 aliphatic heterocycles. The van der Waals surface area contributed by atoms with Gasteiger partial charge < -0.3 is 5.32 Å². The maximum absolute atomic E-state index is 12.3. The van der Waals surface area contributed by atoms with Crippen LogP contribution in [0.25, 0.3) is 0 Å². The first kappa shape index (κ1) is 13.6. The zero-order valence-electron chi connectivity index (χ0n) is 11.4. The summed E-state index contributed by atoms with van der Waals surface area (Å²) >= 11 is 0.